The summed E-state index contributed by atoms with van der Waals surface area (Å²) in [5.41, 5.74) is 1.19. The molecule has 0 aromatic heterocycles. The van der Waals surface area contributed by atoms with Crippen molar-refractivity contribution in [3.05, 3.63) is 57.2 Å². The quantitative estimate of drug-likeness (QED) is 0.411. The molecule has 0 bridgehead atoms. The van der Waals surface area contributed by atoms with Crippen LogP contribution in [0.2, 0.25) is 0 Å². The van der Waals surface area contributed by atoms with Crippen molar-refractivity contribution in [1.29, 1.82) is 0 Å². The van der Waals surface area contributed by atoms with Crippen LogP contribution in [-0.2, 0) is 9.59 Å². The van der Waals surface area contributed by atoms with Crippen LogP contribution in [0.1, 0.15) is 12.5 Å². The number of amides is 1. The molecule has 0 unspecified atom stereocenters. The van der Waals surface area contributed by atoms with E-state index < -0.39 is 5.97 Å². The minimum absolute atomic E-state index is 0.270. The smallest absolute Gasteiger partial charge is 0.308 e. The van der Waals surface area contributed by atoms with Crippen LogP contribution >= 0.6 is 27.7 Å². The van der Waals surface area contributed by atoms with Gasteiger partial charge in [-0.2, -0.15) is 0 Å². The van der Waals surface area contributed by atoms with E-state index in [9.17, 15) is 14.0 Å². The van der Waals surface area contributed by atoms with E-state index >= 15 is 0 Å². The fourth-order valence-corrected chi connectivity index (χ4v) is 3.58. The first-order valence-electron chi connectivity index (χ1n) is 7.97. The Morgan fingerprint density at radius 3 is 2.61 bits per heavy atom. The molecule has 9 heteroatoms. The Morgan fingerprint density at radius 2 is 1.96 bits per heavy atom. The van der Waals surface area contributed by atoms with E-state index in [4.69, 9.17) is 9.47 Å². The highest BCUT2D eigenvalue weighted by Gasteiger charge is 2.24. The predicted molar refractivity (Wildman–Crippen MR) is 109 cm³/mol. The fourth-order valence-electron chi connectivity index (χ4n) is 2.31. The maximum atomic E-state index is 13.0. The van der Waals surface area contributed by atoms with Gasteiger partial charge in [-0.05, 0) is 59.8 Å². The first kappa shape index (κ1) is 20.1. The van der Waals surface area contributed by atoms with Gasteiger partial charge < -0.3 is 14.8 Å². The molecule has 28 heavy (non-hydrogen) atoms. The number of carbonyl (C=O) groups excluding carboxylic acids is 2. The summed E-state index contributed by atoms with van der Waals surface area (Å²) in [6.07, 6.45) is 1.66. The number of esters is 1. The van der Waals surface area contributed by atoms with Gasteiger partial charge in [0.05, 0.1) is 17.7 Å². The third-order valence-electron chi connectivity index (χ3n) is 3.53. The minimum Gasteiger partial charge on any atom is -0.493 e. The third kappa shape index (κ3) is 4.79. The number of thioether (sulfide) groups is 1. The molecule has 6 nitrogen and oxygen atoms in total. The molecular weight excluding hydrogens is 451 g/mol. The fraction of sp³-hybridized carbons (Fsp3) is 0.105. The number of methoxy groups -OCH3 is 1. The number of amidine groups is 1. The summed E-state index contributed by atoms with van der Waals surface area (Å²) in [7, 11) is 1.46. The first-order valence-corrected chi connectivity index (χ1v) is 9.58. The number of hydrogen-bond donors (Lipinski definition) is 1. The van der Waals surface area contributed by atoms with Crippen LogP contribution in [-0.4, -0.2) is 24.2 Å². The summed E-state index contributed by atoms with van der Waals surface area (Å²) >= 11 is 4.56. The van der Waals surface area contributed by atoms with E-state index in [0.29, 0.717) is 31.5 Å². The van der Waals surface area contributed by atoms with Gasteiger partial charge in [-0.15, -0.1) is 0 Å². The topological polar surface area (TPSA) is 77.0 Å². The van der Waals surface area contributed by atoms with E-state index in [-0.39, 0.29) is 17.5 Å². The third-order valence-corrected chi connectivity index (χ3v) is 5.13. The van der Waals surface area contributed by atoms with Crippen LogP contribution in [0.3, 0.4) is 0 Å². The lowest BCUT2D eigenvalue weighted by Gasteiger charge is -2.10. The molecule has 1 aliphatic rings. The number of nitrogens with one attached hydrogen (secondary N) is 1. The van der Waals surface area contributed by atoms with Crippen LogP contribution in [0.15, 0.2) is 50.8 Å². The van der Waals surface area contributed by atoms with Crippen molar-refractivity contribution < 1.29 is 23.5 Å². The number of aliphatic imine (C=N–C) groups is 1. The average Bonchev–Trinajstić information content (AvgIpc) is 2.98. The number of rotatable bonds is 4. The van der Waals surface area contributed by atoms with Crippen LogP contribution in [0.5, 0.6) is 11.5 Å². The molecule has 2 aromatic carbocycles. The highest BCUT2D eigenvalue weighted by atomic mass is 79.9. The summed E-state index contributed by atoms with van der Waals surface area (Å²) in [5, 5.41) is 3.06. The van der Waals surface area contributed by atoms with E-state index in [1.165, 1.54) is 38.3 Å². The van der Waals surface area contributed by atoms with Gasteiger partial charge in [-0.3, -0.25) is 9.59 Å². The molecule has 0 spiro atoms. The molecule has 1 fully saturated rings. The Balaban J connectivity index is 1.88. The van der Waals surface area contributed by atoms with Crippen LogP contribution < -0.4 is 14.8 Å². The van der Waals surface area contributed by atoms with E-state index in [1.807, 2.05) is 0 Å². The molecule has 0 radical (unpaired) electrons. The van der Waals surface area contributed by atoms with E-state index in [1.54, 1.807) is 18.2 Å². The van der Waals surface area contributed by atoms with Crippen molar-refractivity contribution in [1.82, 2.24) is 5.32 Å². The monoisotopic (exact) mass is 464 g/mol. The van der Waals surface area contributed by atoms with Gasteiger partial charge in [0.1, 0.15) is 5.82 Å². The van der Waals surface area contributed by atoms with E-state index in [0.717, 1.165) is 11.8 Å². The number of hydrogen-bond acceptors (Lipinski definition) is 6. The van der Waals surface area contributed by atoms with Crippen molar-refractivity contribution in [2.75, 3.05) is 7.11 Å². The zero-order valence-electron chi connectivity index (χ0n) is 14.8. The van der Waals surface area contributed by atoms with Gasteiger partial charge in [0, 0.05) is 11.4 Å². The molecular formula is C19H14BrFN2O4S. The van der Waals surface area contributed by atoms with Crippen molar-refractivity contribution in [3.8, 4) is 11.5 Å². The van der Waals surface area contributed by atoms with Crippen LogP contribution in [0.4, 0.5) is 10.1 Å². The molecule has 2 aromatic rings. The van der Waals surface area contributed by atoms with Gasteiger partial charge in [0.2, 0.25) is 0 Å². The Labute approximate surface area is 172 Å². The van der Waals surface area contributed by atoms with Gasteiger partial charge in [-0.1, -0.05) is 15.9 Å². The molecule has 0 aliphatic carbocycles. The summed E-state index contributed by atoms with van der Waals surface area (Å²) in [6.45, 7) is 1.30. The van der Waals surface area contributed by atoms with Crippen molar-refractivity contribution in [3.63, 3.8) is 0 Å². The summed E-state index contributed by atoms with van der Waals surface area (Å²) in [4.78, 5) is 28.2. The minimum atomic E-state index is -0.469. The number of carbonyl (C=O) groups is 2. The molecule has 0 saturated carbocycles. The summed E-state index contributed by atoms with van der Waals surface area (Å²) < 4.78 is 24.0. The molecule has 1 amide bonds. The molecule has 1 saturated heterocycles. The molecule has 1 aliphatic heterocycles. The largest absolute Gasteiger partial charge is 0.493 e. The second-order valence-electron chi connectivity index (χ2n) is 5.58. The van der Waals surface area contributed by atoms with Gasteiger partial charge >= 0.3 is 5.97 Å². The number of benzene rings is 2. The Hall–Kier alpha value is -2.65. The lowest BCUT2D eigenvalue weighted by Crippen LogP contribution is -2.19. The van der Waals surface area contributed by atoms with Crippen LogP contribution in [0, 0.1) is 5.82 Å². The summed E-state index contributed by atoms with van der Waals surface area (Å²) in [6, 6.07) is 8.88. The Kier molecular flexibility index (Phi) is 6.15. The number of halogens is 2. The molecule has 144 valence electrons. The highest BCUT2D eigenvalue weighted by molar-refractivity contribution is 9.10. The Bertz CT molecular complexity index is 1010. The van der Waals surface area contributed by atoms with Gasteiger partial charge in [0.15, 0.2) is 16.7 Å². The molecule has 1 heterocycles. The molecule has 3 rings (SSSR count). The number of nitrogens with zero attached hydrogens (tertiary/aromatic N) is 1. The molecule has 0 atom stereocenters. The zero-order chi connectivity index (χ0) is 20.3. The van der Waals surface area contributed by atoms with Gasteiger partial charge in [0.25, 0.3) is 5.91 Å². The normalized spacial score (nSPS) is 16.4. The maximum absolute atomic E-state index is 13.0. The maximum Gasteiger partial charge on any atom is 0.308 e. The van der Waals surface area contributed by atoms with Crippen molar-refractivity contribution in [2.45, 2.75) is 6.92 Å². The summed E-state index contributed by atoms with van der Waals surface area (Å²) in [5.74, 6) is -0.506. The van der Waals surface area contributed by atoms with Crippen molar-refractivity contribution >= 4 is 56.5 Å². The van der Waals surface area contributed by atoms with Crippen LogP contribution in [0.25, 0.3) is 6.08 Å². The molecule has 1 N–H and O–H groups in total. The predicted octanol–water partition coefficient (Wildman–Crippen LogP) is 4.41. The van der Waals surface area contributed by atoms with Gasteiger partial charge in [-0.25, -0.2) is 9.38 Å². The second-order valence-corrected chi connectivity index (χ2v) is 7.46. The SMILES string of the molecule is COc1cc(/C=C2\SC(=Nc3ccc(F)cc3)NC2=O)c(Br)cc1OC(C)=O. The van der Waals surface area contributed by atoms with Crippen molar-refractivity contribution in [2.24, 2.45) is 4.99 Å². The lowest BCUT2D eigenvalue weighted by molar-refractivity contribution is -0.132. The average molecular weight is 465 g/mol. The highest BCUT2D eigenvalue weighted by Crippen LogP contribution is 2.36. The lowest BCUT2D eigenvalue weighted by atomic mass is 10.2. The zero-order valence-corrected chi connectivity index (χ0v) is 17.2. The standard InChI is InChI=1S/C19H14BrFN2O4S/c1-10(24)27-16-9-14(20)11(7-15(16)26-2)8-17-18(25)23-19(28-17)22-13-5-3-12(21)4-6-13/h3-9H,1-2H3,(H,22,23,25)/b17-8-. The first-order chi connectivity index (χ1) is 13.4. The van der Waals surface area contributed by atoms with E-state index in [2.05, 4.69) is 26.2 Å². The number of ether oxygens (including phenoxy) is 2. The second kappa shape index (κ2) is 8.57. The Morgan fingerprint density at radius 1 is 1.25 bits per heavy atom.